The van der Waals surface area contributed by atoms with Crippen LogP contribution in [-0.4, -0.2) is 84.1 Å². The molecule has 0 unspecified atom stereocenters. The fraction of sp³-hybridized carbons (Fsp3) is 0.571. The first kappa shape index (κ1) is 60.9. The fourth-order valence-corrected chi connectivity index (χ4v) is 9.67. The summed E-state index contributed by atoms with van der Waals surface area (Å²) in [5.74, 6) is -1.84. The molecule has 12 nitrogen and oxygen atoms in total. The standard InChI is InChI=1S/C63H89NO11/c1-3-5-7-9-11-13-15-17-31-41-53(70-46-49-33-23-19-24-34-49)43-56(66)64-59-62(74-57(67)44-54(71-47-50-35-25-20-26-36-50)42-32-18-16-14-12-10-8-6-4-2)60(69)55(45-65)73-63(59)72-48-58(68)75-61(51-37-27-21-28-38-51)52-39-29-22-30-40-52/h19-30,33-40,53-55,59-63,65,69H,3-18,31-32,41-48H2,1-2H3,(H,64,66)/t53-,54-,55-,59-,60-,62-,63+/m1/s1. The summed E-state index contributed by atoms with van der Waals surface area (Å²) in [5, 5.41) is 25.4. The number of aliphatic hydroxyl groups excluding tert-OH is 2. The van der Waals surface area contributed by atoms with Crippen LogP contribution in [0.1, 0.15) is 183 Å². The SMILES string of the molecule is CCCCCCCCCCC[C@H](CC(=O)N[C@H]1[C@@H](OCC(=O)OC(c2ccccc2)c2ccccc2)O[C@H](CO)[C@@H](O)[C@@H]1OC(=O)C[C@@H](CCCCCCCCCCC)OCc1ccccc1)OCc1ccccc1. The van der Waals surface area contributed by atoms with Crippen LogP contribution in [0.25, 0.3) is 0 Å². The first-order valence-electron chi connectivity index (χ1n) is 28.4. The lowest BCUT2D eigenvalue weighted by molar-refractivity contribution is -0.274. The zero-order valence-electron chi connectivity index (χ0n) is 45.1. The molecule has 412 valence electrons. The van der Waals surface area contributed by atoms with Crippen LogP contribution in [0.5, 0.6) is 0 Å². The predicted octanol–water partition coefficient (Wildman–Crippen LogP) is 12.6. The molecule has 3 N–H and O–H groups in total. The Balaban J connectivity index is 1.33. The minimum Gasteiger partial charge on any atom is -0.457 e. The molecule has 1 heterocycles. The molecule has 0 aliphatic carbocycles. The topological polar surface area (TPSA) is 159 Å². The number of nitrogens with one attached hydrogen (secondary N) is 1. The Bertz CT molecular complexity index is 2060. The van der Waals surface area contributed by atoms with Gasteiger partial charge in [0.1, 0.15) is 24.9 Å². The molecule has 1 saturated heterocycles. The van der Waals surface area contributed by atoms with Crippen molar-refractivity contribution in [3.8, 4) is 0 Å². The van der Waals surface area contributed by atoms with Gasteiger partial charge in [-0.2, -0.15) is 0 Å². The average Bonchev–Trinajstić information content (AvgIpc) is 3.43. The number of amides is 1. The molecule has 75 heavy (non-hydrogen) atoms. The van der Waals surface area contributed by atoms with Gasteiger partial charge in [-0.1, -0.05) is 251 Å². The van der Waals surface area contributed by atoms with E-state index in [1.807, 2.05) is 121 Å². The maximum absolute atomic E-state index is 14.4. The summed E-state index contributed by atoms with van der Waals surface area (Å²) in [6, 6.07) is 37.0. The van der Waals surface area contributed by atoms with Crippen molar-refractivity contribution in [1.29, 1.82) is 0 Å². The molecule has 12 heteroatoms. The van der Waals surface area contributed by atoms with Gasteiger partial charge in [-0.15, -0.1) is 0 Å². The third-order valence-electron chi connectivity index (χ3n) is 14.0. The second-order valence-corrected chi connectivity index (χ2v) is 20.2. The number of benzene rings is 4. The van der Waals surface area contributed by atoms with Crippen molar-refractivity contribution in [2.45, 2.75) is 217 Å². The minimum atomic E-state index is -1.58. The Morgan fingerprint density at radius 1 is 0.560 bits per heavy atom. The van der Waals surface area contributed by atoms with Gasteiger partial charge in [-0.25, -0.2) is 4.79 Å². The third kappa shape index (κ3) is 23.9. The summed E-state index contributed by atoms with van der Waals surface area (Å²) in [4.78, 5) is 42.4. The lowest BCUT2D eigenvalue weighted by Crippen LogP contribution is -2.66. The lowest BCUT2D eigenvalue weighted by atomic mass is 9.96. The van der Waals surface area contributed by atoms with E-state index in [9.17, 15) is 24.6 Å². The zero-order chi connectivity index (χ0) is 53.1. The molecule has 0 saturated carbocycles. The number of carbonyl (C=O) groups is 3. The molecule has 0 aromatic heterocycles. The van der Waals surface area contributed by atoms with Crippen LogP contribution in [-0.2, 0) is 56.0 Å². The van der Waals surface area contributed by atoms with Crippen molar-refractivity contribution in [2.75, 3.05) is 13.2 Å². The first-order chi connectivity index (χ1) is 36.8. The van der Waals surface area contributed by atoms with Crippen LogP contribution in [0.2, 0.25) is 0 Å². The maximum Gasteiger partial charge on any atom is 0.333 e. The molecule has 1 amide bonds. The van der Waals surface area contributed by atoms with E-state index in [0.717, 1.165) is 60.8 Å². The largest absolute Gasteiger partial charge is 0.457 e. The number of rotatable bonds is 39. The minimum absolute atomic E-state index is 0.0424. The highest BCUT2D eigenvalue weighted by Crippen LogP contribution is 2.29. The van der Waals surface area contributed by atoms with Crippen LogP contribution in [0.4, 0.5) is 0 Å². The Morgan fingerprint density at radius 3 is 1.44 bits per heavy atom. The summed E-state index contributed by atoms with van der Waals surface area (Å²) >= 11 is 0. The molecule has 1 fully saturated rings. The van der Waals surface area contributed by atoms with E-state index >= 15 is 0 Å². The fourth-order valence-electron chi connectivity index (χ4n) is 9.67. The van der Waals surface area contributed by atoms with Gasteiger partial charge in [0.2, 0.25) is 5.91 Å². The van der Waals surface area contributed by atoms with Crippen molar-refractivity contribution in [3.05, 3.63) is 144 Å². The van der Waals surface area contributed by atoms with E-state index in [0.29, 0.717) is 26.1 Å². The highest BCUT2D eigenvalue weighted by Gasteiger charge is 2.49. The van der Waals surface area contributed by atoms with Crippen LogP contribution >= 0.6 is 0 Å². The van der Waals surface area contributed by atoms with Crippen LogP contribution in [0, 0.1) is 0 Å². The molecule has 1 aliphatic rings. The van der Waals surface area contributed by atoms with E-state index in [-0.39, 0.29) is 12.8 Å². The van der Waals surface area contributed by atoms with E-state index in [4.69, 9.17) is 28.4 Å². The molecule has 4 aromatic rings. The van der Waals surface area contributed by atoms with Gasteiger partial charge in [0, 0.05) is 0 Å². The number of unbranched alkanes of at least 4 members (excludes halogenated alkanes) is 16. The van der Waals surface area contributed by atoms with E-state index in [2.05, 4.69) is 19.2 Å². The Hall–Kier alpha value is -4.95. The van der Waals surface area contributed by atoms with Gasteiger partial charge < -0.3 is 44.0 Å². The van der Waals surface area contributed by atoms with Crippen LogP contribution in [0.15, 0.2) is 121 Å². The summed E-state index contributed by atoms with van der Waals surface area (Å²) in [6.45, 7) is 3.77. The normalized spacial score (nSPS) is 18.3. The highest BCUT2D eigenvalue weighted by molar-refractivity contribution is 5.77. The monoisotopic (exact) mass is 1040 g/mol. The number of hydrogen-bond acceptors (Lipinski definition) is 11. The second kappa shape index (κ2) is 36.9. The van der Waals surface area contributed by atoms with Gasteiger partial charge in [0.25, 0.3) is 0 Å². The smallest absolute Gasteiger partial charge is 0.333 e. The summed E-state index contributed by atoms with van der Waals surface area (Å²) < 4.78 is 37.3. The molecule has 0 radical (unpaired) electrons. The van der Waals surface area contributed by atoms with Gasteiger partial charge >= 0.3 is 11.9 Å². The highest BCUT2D eigenvalue weighted by atomic mass is 16.7. The van der Waals surface area contributed by atoms with Crippen LogP contribution < -0.4 is 5.32 Å². The Morgan fingerprint density at radius 2 is 0.987 bits per heavy atom. The van der Waals surface area contributed by atoms with Crippen molar-refractivity contribution in [3.63, 3.8) is 0 Å². The number of aliphatic hydroxyl groups is 2. The lowest BCUT2D eigenvalue weighted by Gasteiger charge is -2.43. The van der Waals surface area contributed by atoms with Gasteiger partial charge in [0.05, 0.1) is 44.9 Å². The molecule has 1 aliphatic heterocycles. The van der Waals surface area contributed by atoms with E-state index < -0.39 is 80.0 Å². The van der Waals surface area contributed by atoms with Gasteiger partial charge in [0.15, 0.2) is 18.5 Å². The maximum atomic E-state index is 14.4. The number of hydrogen-bond donors (Lipinski definition) is 3. The Kier molecular flexibility index (Phi) is 30.0. The van der Waals surface area contributed by atoms with Crippen molar-refractivity contribution in [2.24, 2.45) is 0 Å². The average molecular weight is 1040 g/mol. The molecule has 0 spiro atoms. The molecule has 7 atom stereocenters. The van der Waals surface area contributed by atoms with Gasteiger partial charge in [-0.05, 0) is 35.1 Å². The number of carbonyl (C=O) groups excluding carboxylic acids is 3. The molecule has 0 bridgehead atoms. The first-order valence-corrected chi connectivity index (χ1v) is 28.4. The van der Waals surface area contributed by atoms with Gasteiger partial charge in [-0.3, -0.25) is 9.59 Å². The number of ether oxygens (including phenoxy) is 6. The predicted molar refractivity (Wildman–Crippen MR) is 293 cm³/mol. The summed E-state index contributed by atoms with van der Waals surface area (Å²) in [6.07, 6.45) is 14.4. The molecular weight excluding hydrogens is 947 g/mol. The van der Waals surface area contributed by atoms with Crippen molar-refractivity contribution in [1.82, 2.24) is 5.32 Å². The van der Waals surface area contributed by atoms with Crippen molar-refractivity contribution < 1.29 is 53.0 Å². The van der Waals surface area contributed by atoms with Crippen molar-refractivity contribution >= 4 is 17.8 Å². The Labute approximate surface area is 448 Å². The molecule has 5 rings (SSSR count). The van der Waals surface area contributed by atoms with E-state index in [1.165, 1.54) is 77.0 Å². The summed E-state index contributed by atoms with van der Waals surface area (Å²) in [5.41, 5.74) is 3.45. The van der Waals surface area contributed by atoms with Crippen LogP contribution in [0.3, 0.4) is 0 Å². The zero-order valence-corrected chi connectivity index (χ0v) is 45.1. The quantitative estimate of drug-likeness (QED) is 0.0288. The second-order valence-electron chi connectivity index (χ2n) is 20.2. The summed E-state index contributed by atoms with van der Waals surface area (Å²) in [7, 11) is 0. The van der Waals surface area contributed by atoms with E-state index in [1.54, 1.807) is 0 Å². The third-order valence-corrected chi connectivity index (χ3v) is 14.0. The molecular formula is C63H89NO11. The molecule has 4 aromatic carbocycles. The number of esters is 2.